The van der Waals surface area contributed by atoms with Crippen LogP contribution in [0.1, 0.15) is 27.4 Å². The van der Waals surface area contributed by atoms with Gasteiger partial charge >= 0.3 is 0 Å². The molecule has 0 saturated carbocycles. The van der Waals surface area contributed by atoms with Gasteiger partial charge in [0.1, 0.15) is 17.4 Å². The summed E-state index contributed by atoms with van der Waals surface area (Å²) in [4.78, 5) is 25.5. The first-order chi connectivity index (χ1) is 13.7. The van der Waals surface area contributed by atoms with Crippen molar-refractivity contribution in [3.05, 3.63) is 52.5 Å². The highest BCUT2D eigenvalue weighted by Crippen LogP contribution is 2.33. The van der Waals surface area contributed by atoms with Crippen LogP contribution in [0.2, 0.25) is 0 Å². The molecule has 0 aliphatic carbocycles. The highest BCUT2D eigenvalue weighted by Gasteiger charge is 2.25. The van der Waals surface area contributed by atoms with Gasteiger partial charge in [-0.05, 0) is 44.0 Å². The Kier molecular flexibility index (Phi) is 4.24. The van der Waals surface area contributed by atoms with Gasteiger partial charge in [-0.3, -0.25) is 4.79 Å². The van der Waals surface area contributed by atoms with Gasteiger partial charge in [0.15, 0.2) is 11.4 Å². The van der Waals surface area contributed by atoms with Gasteiger partial charge in [-0.15, -0.1) is 11.3 Å². The Morgan fingerprint density at radius 3 is 2.79 bits per heavy atom. The van der Waals surface area contributed by atoms with Crippen LogP contribution in [0.4, 0.5) is 5.82 Å². The van der Waals surface area contributed by atoms with Gasteiger partial charge in [-0.1, -0.05) is 12.1 Å². The molecule has 0 bridgehead atoms. The van der Waals surface area contributed by atoms with Crippen molar-refractivity contribution in [2.75, 3.05) is 18.0 Å². The van der Waals surface area contributed by atoms with E-state index in [0.29, 0.717) is 0 Å². The van der Waals surface area contributed by atoms with Crippen LogP contribution >= 0.6 is 11.3 Å². The summed E-state index contributed by atoms with van der Waals surface area (Å²) in [6.45, 7) is 3.65. The third-order valence-electron chi connectivity index (χ3n) is 5.23. The molecule has 3 aromatic heterocycles. The van der Waals surface area contributed by atoms with Crippen molar-refractivity contribution in [2.24, 2.45) is 0 Å². The van der Waals surface area contributed by atoms with Gasteiger partial charge in [0.05, 0.1) is 4.88 Å². The van der Waals surface area contributed by atoms with Crippen molar-refractivity contribution in [2.45, 2.75) is 25.8 Å². The molecule has 1 aromatic carbocycles. The molecule has 1 N–H and O–H groups in total. The number of rotatable bonds is 3. The number of nitrogens with zero attached hydrogens (tertiary/aromatic N) is 3. The van der Waals surface area contributed by atoms with Crippen LogP contribution < -0.4 is 10.2 Å². The van der Waals surface area contributed by atoms with E-state index in [-0.39, 0.29) is 11.9 Å². The molecule has 0 unspecified atom stereocenters. The fourth-order valence-electron chi connectivity index (χ4n) is 3.79. The summed E-state index contributed by atoms with van der Waals surface area (Å²) in [5.41, 5.74) is 2.41. The van der Waals surface area contributed by atoms with Crippen molar-refractivity contribution < 1.29 is 9.21 Å². The Balaban J connectivity index is 1.32. The van der Waals surface area contributed by atoms with E-state index in [1.807, 2.05) is 43.3 Å². The van der Waals surface area contributed by atoms with E-state index < -0.39 is 0 Å². The zero-order valence-electron chi connectivity index (χ0n) is 15.5. The van der Waals surface area contributed by atoms with Crippen molar-refractivity contribution >= 4 is 45.1 Å². The number of para-hydroxylation sites is 1. The fourth-order valence-corrected chi connectivity index (χ4v) is 4.56. The summed E-state index contributed by atoms with van der Waals surface area (Å²) >= 11 is 1.53. The number of hydrogen-bond donors (Lipinski definition) is 1. The lowest BCUT2D eigenvalue weighted by molar-refractivity contribution is 0.0935. The molecule has 0 spiro atoms. The molecule has 1 saturated heterocycles. The Bertz CT molecular complexity index is 1160. The third kappa shape index (κ3) is 3.01. The summed E-state index contributed by atoms with van der Waals surface area (Å²) in [7, 11) is 0. The highest BCUT2D eigenvalue weighted by atomic mass is 32.1. The van der Waals surface area contributed by atoms with Crippen LogP contribution in [-0.4, -0.2) is 35.0 Å². The van der Waals surface area contributed by atoms with Crippen molar-refractivity contribution in [3.63, 3.8) is 0 Å². The minimum atomic E-state index is 0.0262. The number of aromatic nitrogens is 2. The predicted octanol–water partition coefficient (Wildman–Crippen LogP) is 4.14. The van der Waals surface area contributed by atoms with Crippen molar-refractivity contribution in [1.29, 1.82) is 0 Å². The number of piperidine rings is 1. The van der Waals surface area contributed by atoms with Crippen LogP contribution in [0.5, 0.6) is 0 Å². The van der Waals surface area contributed by atoms with Crippen LogP contribution in [0.15, 0.2) is 47.1 Å². The molecule has 28 heavy (non-hydrogen) atoms. The maximum absolute atomic E-state index is 12.4. The number of aryl methyl sites for hydroxylation is 1. The van der Waals surface area contributed by atoms with E-state index in [9.17, 15) is 4.79 Å². The second kappa shape index (κ2) is 6.91. The highest BCUT2D eigenvalue weighted by molar-refractivity contribution is 7.13. The molecular formula is C21H20N4O2S. The second-order valence-electron chi connectivity index (χ2n) is 7.12. The van der Waals surface area contributed by atoms with Gasteiger partial charge < -0.3 is 14.6 Å². The number of benzene rings is 1. The monoisotopic (exact) mass is 392 g/mol. The zero-order chi connectivity index (χ0) is 19.1. The van der Waals surface area contributed by atoms with Gasteiger partial charge in [-0.2, -0.15) is 0 Å². The van der Waals surface area contributed by atoms with Gasteiger partial charge in [0.2, 0.25) is 0 Å². The van der Waals surface area contributed by atoms with E-state index in [1.54, 1.807) is 6.33 Å². The molecule has 1 amide bonds. The number of carbonyl (C=O) groups is 1. The van der Waals surface area contributed by atoms with E-state index in [0.717, 1.165) is 63.6 Å². The molecule has 5 rings (SSSR count). The molecule has 0 radical (unpaired) electrons. The van der Waals surface area contributed by atoms with Gasteiger partial charge in [0, 0.05) is 29.4 Å². The van der Waals surface area contributed by atoms with E-state index in [1.165, 1.54) is 11.3 Å². The standard InChI is InChI=1S/C21H20N4O2S/c1-13-6-7-17(28-13)21(26)24-14-8-10-25(11-9-14)20-19-18(22-12-23-20)15-4-2-3-5-16(15)27-19/h2-7,12,14H,8-11H2,1H3,(H,24,26). The van der Waals surface area contributed by atoms with Crippen LogP contribution in [0, 0.1) is 6.92 Å². The molecular weight excluding hydrogens is 372 g/mol. The Morgan fingerprint density at radius 2 is 2.00 bits per heavy atom. The Morgan fingerprint density at radius 1 is 1.18 bits per heavy atom. The molecule has 6 nitrogen and oxygen atoms in total. The van der Waals surface area contributed by atoms with Crippen LogP contribution in [0.3, 0.4) is 0 Å². The number of amides is 1. The first-order valence-electron chi connectivity index (χ1n) is 9.43. The van der Waals surface area contributed by atoms with Crippen molar-refractivity contribution in [3.8, 4) is 0 Å². The fraction of sp³-hybridized carbons (Fsp3) is 0.286. The molecule has 4 aromatic rings. The van der Waals surface area contributed by atoms with Crippen LogP contribution in [-0.2, 0) is 0 Å². The topological polar surface area (TPSA) is 71.3 Å². The predicted molar refractivity (Wildman–Crippen MR) is 111 cm³/mol. The summed E-state index contributed by atoms with van der Waals surface area (Å²) in [5.74, 6) is 0.859. The summed E-state index contributed by atoms with van der Waals surface area (Å²) < 4.78 is 6.05. The molecule has 4 heterocycles. The minimum absolute atomic E-state index is 0.0262. The molecule has 1 aliphatic heterocycles. The lowest BCUT2D eigenvalue weighted by atomic mass is 10.0. The molecule has 142 valence electrons. The first kappa shape index (κ1) is 17.2. The first-order valence-corrected chi connectivity index (χ1v) is 10.2. The largest absolute Gasteiger partial charge is 0.450 e. The molecule has 1 fully saturated rings. The summed E-state index contributed by atoms with van der Waals surface area (Å²) in [6.07, 6.45) is 3.36. The number of furan rings is 1. The average Bonchev–Trinajstić information content (AvgIpc) is 3.32. The molecule has 7 heteroatoms. The number of fused-ring (bicyclic) bond motifs is 3. The average molecular weight is 392 g/mol. The summed E-state index contributed by atoms with van der Waals surface area (Å²) in [6, 6.07) is 12.0. The van der Waals surface area contributed by atoms with E-state index >= 15 is 0 Å². The number of carbonyl (C=O) groups excluding carboxylic acids is 1. The van der Waals surface area contributed by atoms with E-state index in [4.69, 9.17) is 4.42 Å². The SMILES string of the molecule is Cc1ccc(C(=O)NC2CCN(c3ncnc4c3oc3ccccc34)CC2)s1. The lowest BCUT2D eigenvalue weighted by Crippen LogP contribution is -2.44. The maximum atomic E-state index is 12.4. The van der Waals surface area contributed by atoms with Crippen molar-refractivity contribution in [1.82, 2.24) is 15.3 Å². The molecule has 0 atom stereocenters. The summed E-state index contributed by atoms with van der Waals surface area (Å²) in [5, 5.41) is 4.18. The van der Waals surface area contributed by atoms with Gasteiger partial charge in [0.25, 0.3) is 5.91 Å². The maximum Gasteiger partial charge on any atom is 0.261 e. The quantitative estimate of drug-likeness (QED) is 0.567. The van der Waals surface area contributed by atoms with Crippen LogP contribution in [0.25, 0.3) is 22.1 Å². The van der Waals surface area contributed by atoms with E-state index in [2.05, 4.69) is 20.2 Å². The number of hydrogen-bond acceptors (Lipinski definition) is 6. The normalized spacial score (nSPS) is 15.4. The molecule has 1 aliphatic rings. The lowest BCUT2D eigenvalue weighted by Gasteiger charge is -2.32. The number of nitrogens with one attached hydrogen (secondary N) is 1. The number of anilines is 1. The Labute approximate surface area is 166 Å². The second-order valence-corrected chi connectivity index (χ2v) is 8.41. The number of thiophene rings is 1. The minimum Gasteiger partial charge on any atom is -0.450 e. The van der Waals surface area contributed by atoms with Gasteiger partial charge in [-0.25, -0.2) is 9.97 Å². The third-order valence-corrected chi connectivity index (χ3v) is 6.23. The smallest absolute Gasteiger partial charge is 0.261 e. The zero-order valence-corrected chi connectivity index (χ0v) is 16.3. The Hall–Kier alpha value is -2.93.